The van der Waals surface area contributed by atoms with Crippen LogP contribution in [-0.2, 0) is 6.18 Å². The molecule has 0 bridgehead atoms. The fourth-order valence-corrected chi connectivity index (χ4v) is 1.37. The monoisotopic (exact) mass is 245 g/mol. The first-order valence-corrected chi connectivity index (χ1v) is 5.18. The van der Waals surface area contributed by atoms with Crippen LogP contribution in [0.15, 0.2) is 29.3 Å². The molecule has 0 saturated carbocycles. The number of hydrazine groups is 1. The van der Waals surface area contributed by atoms with Gasteiger partial charge in [0.15, 0.2) is 0 Å². The Morgan fingerprint density at radius 3 is 2.53 bits per heavy atom. The minimum Gasteiger partial charge on any atom is -0.308 e. The highest BCUT2D eigenvalue weighted by atomic mass is 19.4. The van der Waals surface area contributed by atoms with Gasteiger partial charge < -0.3 is 5.43 Å². The van der Waals surface area contributed by atoms with Gasteiger partial charge in [-0.1, -0.05) is 25.1 Å². The number of nitrogens with two attached hydrogens (primary N) is 1. The summed E-state index contributed by atoms with van der Waals surface area (Å²) < 4.78 is 38.2. The van der Waals surface area contributed by atoms with Gasteiger partial charge in [0.2, 0.25) is 0 Å². The highest BCUT2D eigenvalue weighted by Gasteiger charge is 2.34. The van der Waals surface area contributed by atoms with E-state index in [1.54, 1.807) is 0 Å². The third-order valence-electron chi connectivity index (χ3n) is 2.12. The molecule has 0 aliphatic carbocycles. The molecule has 94 valence electrons. The number of aliphatic imine (C=N–C) groups is 1. The topological polar surface area (TPSA) is 50.4 Å². The largest absolute Gasteiger partial charge is 0.417 e. The number of hydrogen-bond donors (Lipinski definition) is 2. The van der Waals surface area contributed by atoms with Crippen molar-refractivity contribution in [2.75, 3.05) is 6.54 Å². The van der Waals surface area contributed by atoms with Gasteiger partial charge in [0.25, 0.3) is 0 Å². The molecule has 6 heteroatoms. The number of amidine groups is 1. The van der Waals surface area contributed by atoms with Crippen molar-refractivity contribution in [3.8, 4) is 0 Å². The normalized spacial score (nSPS) is 12.6. The van der Waals surface area contributed by atoms with Crippen LogP contribution in [-0.4, -0.2) is 12.4 Å². The molecule has 1 aromatic rings. The Kier molecular flexibility index (Phi) is 4.51. The Hall–Kier alpha value is -1.56. The molecule has 1 rings (SSSR count). The van der Waals surface area contributed by atoms with Gasteiger partial charge in [-0.15, -0.1) is 0 Å². The molecule has 0 aromatic heterocycles. The van der Waals surface area contributed by atoms with Crippen molar-refractivity contribution in [3.05, 3.63) is 35.4 Å². The van der Waals surface area contributed by atoms with Gasteiger partial charge >= 0.3 is 6.18 Å². The van der Waals surface area contributed by atoms with E-state index in [2.05, 4.69) is 10.4 Å². The van der Waals surface area contributed by atoms with Crippen molar-refractivity contribution in [1.82, 2.24) is 5.43 Å². The smallest absolute Gasteiger partial charge is 0.308 e. The summed E-state index contributed by atoms with van der Waals surface area (Å²) in [4.78, 5) is 3.99. The molecule has 0 spiro atoms. The van der Waals surface area contributed by atoms with E-state index in [-0.39, 0.29) is 11.4 Å². The van der Waals surface area contributed by atoms with Gasteiger partial charge in [-0.05, 0) is 12.5 Å². The minimum atomic E-state index is -4.42. The van der Waals surface area contributed by atoms with Crippen LogP contribution in [0.1, 0.15) is 24.5 Å². The molecule has 0 heterocycles. The maximum atomic E-state index is 12.7. The Bertz CT molecular complexity index is 399. The second kappa shape index (κ2) is 5.67. The van der Waals surface area contributed by atoms with Crippen LogP contribution in [0.25, 0.3) is 0 Å². The zero-order valence-corrected chi connectivity index (χ0v) is 9.38. The molecular formula is C11H14F3N3. The third kappa shape index (κ3) is 3.45. The first kappa shape index (κ1) is 13.5. The summed E-state index contributed by atoms with van der Waals surface area (Å²) in [6.07, 6.45) is -3.68. The van der Waals surface area contributed by atoms with Crippen molar-refractivity contribution in [2.24, 2.45) is 10.8 Å². The second-order valence-electron chi connectivity index (χ2n) is 3.42. The number of benzene rings is 1. The van der Waals surface area contributed by atoms with E-state index in [1.807, 2.05) is 6.92 Å². The van der Waals surface area contributed by atoms with Crippen LogP contribution < -0.4 is 11.3 Å². The lowest BCUT2D eigenvalue weighted by Crippen LogP contribution is -2.33. The highest BCUT2D eigenvalue weighted by molar-refractivity contribution is 5.99. The Labute approximate surface area is 97.5 Å². The van der Waals surface area contributed by atoms with Crippen molar-refractivity contribution in [3.63, 3.8) is 0 Å². The summed E-state index contributed by atoms with van der Waals surface area (Å²) in [5.74, 6) is 5.26. The van der Waals surface area contributed by atoms with E-state index in [0.717, 1.165) is 12.5 Å². The number of nitrogens with zero attached hydrogens (tertiary/aromatic N) is 1. The van der Waals surface area contributed by atoms with Crippen LogP contribution in [0.2, 0.25) is 0 Å². The molecule has 0 radical (unpaired) electrons. The summed E-state index contributed by atoms with van der Waals surface area (Å²) in [6.45, 7) is 2.30. The van der Waals surface area contributed by atoms with Gasteiger partial charge in [0, 0.05) is 12.1 Å². The van der Waals surface area contributed by atoms with E-state index >= 15 is 0 Å². The quantitative estimate of drug-likeness (QED) is 0.371. The van der Waals surface area contributed by atoms with Gasteiger partial charge in [0.05, 0.1) is 5.56 Å². The zero-order valence-electron chi connectivity index (χ0n) is 9.38. The fraction of sp³-hybridized carbons (Fsp3) is 0.364. The van der Waals surface area contributed by atoms with E-state index in [0.29, 0.717) is 6.54 Å². The highest BCUT2D eigenvalue weighted by Crippen LogP contribution is 2.31. The Balaban J connectivity index is 3.20. The average molecular weight is 245 g/mol. The number of hydrogen-bond acceptors (Lipinski definition) is 2. The second-order valence-corrected chi connectivity index (χ2v) is 3.42. The predicted molar refractivity (Wildman–Crippen MR) is 60.5 cm³/mol. The fourth-order valence-electron chi connectivity index (χ4n) is 1.37. The van der Waals surface area contributed by atoms with E-state index < -0.39 is 11.7 Å². The zero-order chi connectivity index (χ0) is 12.9. The molecule has 1 aromatic carbocycles. The lowest BCUT2D eigenvalue weighted by atomic mass is 10.1. The molecule has 17 heavy (non-hydrogen) atoms. The summed E-state index contributed by atoms with van der Waals surface area (Å²) in [6, 6.07) is 5.20. The molecule has 0 aliphatic heterocycles. The minimum absolute atomic E-state index is 0.0315. The molecule has 3 nitrogen and oxygen atoms in total. The summed E-state index contributed by atoms with van der Waals surface area (Å²) in [7, 11) is 0. The molecule has 0 fully saturated rings. The Morgan fingerprint density at radius 1 is 1.35 bits per heavy atom. The standard InChI is InChI=1S/C11H14F3N3/c1-2-7-16-10(17-15)8-5-3-4-6-9(8)11(12,13)14/h3-6H,2,7,15H2,1H3,(H,16,17). The summed E-state index contributed by atoms with van der Waals surface area (Å²) >= 11 is 0. The van der Waals surface area contributed by atoms with Crippen molar-refractivity contribution in [2.45, 2.75) is 19.5 Å². The van der Waals surface area contributed by atoms with Crippen LogP contribution in [0.3, 0.4) is 0 Å². The first-order chi connectivity index (χ1) is 8.00. The van der Waals surface area contributed by atoms with Gasteiger partial charge in [0.1, 0.15) is 5.84 Å². The lowest BCUT2D eigenvalue weighted by Gasteiger charge is -2.13. The Morgan fingerprint density at radius 2 is 2.00 bits per heavy atom. The van der Waals surface area contributed by atoms with Gasteiger partial charge in [-0.25, -0.2) is 5.84 Å². The van der Waals surface area contributed by atoms with Crippen LogP contribution >= 0.6 is 0 Å². The van der Waals surface area contributed by atoms with Crippen LogP contribution in [0, 0.1) is 0 Å². The molecule has 3 N–H and O–H groups in total. The maximum absolute atomic E-state index is 12.7. The number of nitrogens with one attached hydrogen (secondary N) is 1. The predicted octanol–water partition coefficient (Wildman–Crippen LogP) is 2.33. The molecule has 0 unspecified atom stereocenters. The molecule has 0 saturated heterocycles. The van der Waals surface area contributed by atoms with Crippen molar-refractivity contribution >= 4 is 5.84 Å². The molecule has 0 atom stereocenters. The van der Waals surface area contributed by atoms with E-state index in [4.69, 9.17) is 5.84 Å². The van der Waals surface area contributed by atoms with Crippen LogP contribution in [0.4, 0.5) is 13.2 Å². The molecule has 0 amide bonds. The molecule has 0 aliphatic rings. The van der Waals surface area contributed by atoms with E-state index in [9.17, 15) is 13.2 Å². The maximum Gasteiger partial charge on any atom is 0.417 e. The number of halogens is 3. The van der Waals surface area contributed by atoms with E-state index in [1.165, 1.54) is 18.2 Å². The number of alkyl halides is 3. The summed E-state index contributed by atoms with van der Waals surface area (Å²) in [5, 5.41) is 0. The van der Waals surface area contributed by atoms with Gasteiger partial charge in [-0.3, -0.25) is 4.99 Å². The summed E-state index contributed by atoms with van der Waals surface area (Å²) in [5.41, 5.74) is 1.44. The average Bonchev–Trinajstić information content (AvgIpc) is 2.29. The molecular weight excluding hydrogens is 231 g/mol. The van der Waals surface area contributed by atoms with Crippen molar-refractivity contribution in [1.29, 1.82) is 0 Å². The SMILES string of the molecule is CCCN=C(NN)c1ccccc1C(F)(F)F. The lowest BCUT2D eigenvalue weighted by molar-refractivity contribution is -0.137. The van der Waals surface area contributed by atoms with Crippen molar-refractivity contribution < 1.29 is 13.2 Å². The van der Waals surface area contributed by atoms with Gasteiger partial charge in [-0.2, -0.15) is 13.2 Å². The number of rotatable bonds is 3. The third-order valence-corrected chi connectivity index (χ3v) is 2.12. The first-order valence-electron chi connectivity index (χ1n) is 5.18. The van der Waals surface area contributed by atoms with Crippen LogP contribution in [0.5, 0.6) is 0 Å².